The van der Waals surface area contributed by atoms with Crippen LogP contribution in [0.4, 0.5) is 5.13 Å². The van der Waals surface area contributed by atoms with Crippen molar-refractivity contribution in [3.63, 3.8) is 0 Å². The van der Waals surface area contributed by atoms with E-state index in [9.17, 15) is 0 Å². The topological polar surface area (TPSA) is 55.6 Å². The summed E-state index contributed by atoms with van der Waals surface area (Å²) in [5.74, 6) is 0.908. The first-order valence-electron chi connectivity index (χ1n) is 7.55. The third-order valence-electron chi connectivity index (χ3n) is 3.53. The number of rotatable bonds is 7. The van der Waals surface area contributed by atoms with Crippen molar-refractivity contribution in [3.05, 3.63) is 59.4 Å². The molecule has 1 N–H and O–H groups in total. The molecule has 0 unspecified atom stereocenters. The zero-order valence-corrected chi connectivity index (χ0v) is 14.4. The predicted molar refractivity (Wildman–Crippen MR) is 94.2 cm³/mol. The SMILES string of the molecule is CCCc1nsc(NC[C@@H](c2ccc(Cl)cc2)n2ccnc2)n1. The van der Waals surface area contributed by atoms with Crippen LogP contribution in [0.25, 0.3) is 0 Å². The zero-order chi connectivity index (χ0) is 16.1. The Morgan fingerprint density at radius 2 is 2.13 bits per heavy atom. The van der Waals surface area contributed by atoms with Gasteiger partial charge in [-0.2, -0.15) is 4.37 Å². The quantitative estimate of drug-likeness (QED) is 0.700. The molecule has 0 aliphatic heterocycles. The fraction of sp³-hybridized carbons (Fsp3) is 0.312. The van der Waals surface area contributed by atoms with Gasteiger partial charge in [-0.1, -0.05) is 30.7 Å². The smallest absolute Gasteiger partial charge is 0.202 e. The average Bonchev–Trinajstić information content (AvgIpc) is 3.22. The number of anilines is 1. The van der Waals surface area contributed by atoms with Gasteiger partial charge in [0.05, 0.1) is 12.4 Å². The molecule has 2 aromatic heterocycles. The molecule has 0 bridgehead atoms. The van der Waals surface area contributed by atoms with Crippen LogP contribution in [-0.2, 0) is 6.42 Å². The van der Waals surface area contributed by atoms with E-state index in [-0.39, 0.29) is 6.04 Å². The molecule has 3 rings (SSSR count). The molecule has 2 heterocycles. The van der Waals surface area contributed by atoms with E-state index < -0.39 is 0 Å². The van der Waals surface area contributed by atoms with E-state index >= 15 is 0 Å². The van der Waals surface area contributed by atoms with Gasteiger partial charge in [-0.15, -0.1) is 0 Å². The fourth-order valence-corrected chi connectivity index (χ4v) is 3.11. The van der Waals surface area contributed by atoms with Crippen molar-refractivity contribution in [3.8, 4) is 0 Å². The number of hydrogen-bond acceptors (Lipinski definition) is 5. The van der Waals surface area contributed by atoms with Crippen LogP contribution in [0.15, 0.2) is 43.0 Å². The summed E-state index contributed by atoms with van der Waals surface area (Å²) < 4.78 is 6.44. The molecule has 0 saturated carbocycles. The summed E-state index contributed by atoms with van der Waals surface area (Å²) >= 11 is 7.40. The predicted octanol–water partition coefficient (Wildman–Crippen LogP) is 4.04. The van der Waals surface area contributed by atoms with Crippen molar-refractivity contribution < 1.29 is 0 Å². The summed E-state index contributed by atoms with van der Waals surface area (Å²) in [4.78, 5) is 8.66. The minimum absolute atomic E-state index is 0.119. The third-order valence-corrected chi connectivity index (χ3v) is 4.49. The zero-order valence-electron chi connectivity index (χ0n) is 12.8. The lowest BCUT2D eigenvalue weighted by molar-refractivity contribution is 0.609. The molecular formula is C16H18ClN5S. The number of hydrogen-bond donors (Lipinski definition) is 1. The van der Waals surface area contributed by atoms with Gasteiger partial charge in [-0.05, 0) is 24.1 Å². The lowest BCUT2D eigenvalue weighted by atomic mass is 10.1. The Kier molecular flexibility index (Phi) is 5.25. The summed E-state index contributed by atoms with van der Waals surface area (Å²) in [6, 6.07) is 8.01. The number of aryl methyl sites for hydroxylation is 1. The Morgan fingerprint density at radius 3 is 2.83 bits per heavy atom. The van der Waals surface area contributed by atoms with E-state index in [1.165, 1.54) is 11.5 Å². The van der Waals surface area contributed by atoms with Gasteiger partial charge in [0, 0.05) is 41.9 Å². The number of nitrogens with zero attached hydrogens (tertiary/aromatic N) is 4. The summed E-state index contributed by atoms with van der Waals surface area (Å²) in [7, 11) is 0. The largest absolute Gasteiger partial charge is 0.358 e. The van der Waals surface area contributed by atoms with E-state index in [4.69, 9.17) is 11.6 Å². The molecule has 0 spiro atoms. The molecule has 1 atom stereocenters. The first kappa shape index (κ1) is 16.0. The highest BCUT2D eigenvalue weighted by Gasteiger charge is 2.14. The molecule has 120 valence electrons. The first-order chi connectivity index (χ1) is 11.3. The van der Waals surface area contributed by atoms with Gasteiger partial charge in [0.2, 0.25) is 5.13 Å². The van der Waals surface area contributed by atoms with Crippen LogP contribution in [0.5, 0.6) is 0 Å². The van der Waals surface area contributed by atoms with E-state index in [1.54, 1.807) is 6.20 Å². The van der Waals surface area contributed by atoms with Crippen LogP contribution in [-0.4, -0.2) is 25.5 Å². The van der Waals surface area contributed by atoms with Crippen molar-refractivity contribution in [1.82, 2.24) is 18.9 Å². The lowest BCUT2D eigenvalue weighted by Gasteiger charge is -2.19. The molecule has 0 radical (unpaired) electrons. The molecule has 0 aliphatic rings. The van der Waals surface area contributed by atoms with E-state index in [2.05, 4.69) is 31.1 Å². The molecule has 23 heavy (non-hydrogen) atoms. The van der Waals surface area contributed by atoms with Crippen molar-refractivity contribution >= 4 is 28.3 Å². The Hall–Kier alpha value is -1.92. The Morgan fingerprint density at radius 1 is 1.30 bits per heavy atom. The minimum atomic E-state index is 0.119. The van der Waals surface area contributed by atoms with Crippen molar-refractivity contribution in [2.45, 2.75) is 25.8 Å². The van der Waals surface area contributed by atoms with Gasteiger partial charge >= 0.3 is 0 Å². The highest BCUT2D eigenvalue weighted by Crippen LogP contribution is 2.22. The molecule has 0 saturated heterocycles. The van der Waals surface area contributed by atoms with Gasteiger partial charge < -0.3 is 9.88 Å². The minimum Gasteiger partial charge on any atom is -0.358 e. The van der Waals surface area contributed by atoms with Crippen molar-refractivity contribution in [2.24, 2.45) is 0 Å². The van der Waals surface area contributed by atoms with Crippen LogP contribution in [0.1, 0.15) is 30.8 Å². The second kappa shape index (κ2) is 7.57. The molecule has 7 heteroatoms. The van der Waals surface area contributed by atoms with Gasteiger partial charge in [0.1, 0.15) is 5.82 Å². The van der Waals surface area contributed by atoms with Crippen molar-refractivity contribution in [1.29, 1.82) is 0 Å². The maximum Gasteiger partial charge on any atom is 0.202 e. The van der Waals surface area contributed by atoms with Crippen LogP contribution >= 0.6 is 23.1 Å². The summed E-state index contributed by atoms with van der Waals surface area (Å²) in [6.07, 6.45) is 7.54. The van der Waals surface area contributed by atoms with Gasteiger partial charge in [-0.3, -0.25) is 0 Å². The molecule has 1 aromatic carbocycles. The molecule has 0 fully saturated rings. The van der Waals surface area contributed by atoms with Gasteiger partial charge in [0.25, 0.3) is 0 Å². The van der Waals surface area contributed by atoms with Crippen LogP contribution in [0, 0.1) is 0 Å². The Labute approximate surface area is 144 Å². The average molecular weight is 348 g/mol. The standard InChI is InChI=1S/C16H18ClN5S/c1-2-3-15-20-16(23-21-15)19-10-14(22-9-8-18-11-22)12-4-6-13(17)7-5-12/h4-9,11,14H,2-3,10H2,1H3,(H,19,20,21)/t14-/m0/s1. The van der Waals surface area contributed by atoms with Crippen LogP contribution in [0.3, 0.4) is 0 Å². The second-order valence-electron chi connectivity index (χ2n) is 5.22. The normalized spacial score (nSPS) is 12.3. The number of nitrogens with one attached hydrogen (secondary N) is 1. The lowest BCUT2D eigenvalue weighted by Crippen LogP contribution is -2.19. The van der Waals surface area contributed by atoms with E-state index in [0.29, 0.717) is 6.54 Å². The maximum absolute atomic E-state index is 6.00. The van der Waals surface area contributed by atoms with Gasteiger partial charge in [0.15, 0.2) is 0 Å². The summed E-state index contributed by atoms with van der Waals surface area (Å²) in [6.45, 7) is 2.84. The summed E-state index contributed by atoms with van der Waals surface area (Å²) in [5.41, 5.74) is 1.16. The Bertz CT molecular complexity index is 723. The number of aromatic nitrogens is 4. The maximum atomic E-state index is 6.00. The fourth-order valence-electron chi connectivity index (χ4n) is 2.37. The second-order valence-corrected chi connectivity index (χ2v) is 6.41. The highest BCUT2D eigenvalue weighted by atomic mass is 35.5. The molecular weight excluding hydrogens is 330 g/mol. The van der Waals surface area contributed by atoms with Gasteiger partial charge in [-0.25, -0.2) is 9.97 Å². The molecule has 5 nitrogen and oxygen atoms in total. The molecule has 0 amide bonds. The number of halogens is 1. The van der Waals surface area contributed by atoms with E-state index in [1.807, 2.05) is 36.8 Å². The third kappa shape index (κ3) is 4.09. The summed E-state index contributed by atoms with van der Waals surface area (Å²) in [5, 5.41) is 4.98. The monoisotopic (exact) mass is 347 g/mol. The Balaban J connectivity index is 1.75. The van der Waals surface area contributed by atoms with Crippen LogP contribution < -0.4 is 5.32 Å². The highest BCUT2D eigenvalue weighted by molar-refractivity contribution is 7.09. The number of imidazole rings is 1. The van der Waals surface area contributed by atoms with E-state index in [0.717, 1.165) is 34.4 Å². The van der Waals surface area contributed by atoms with Crippen LogP contribution in [0.2, 0.25) is 5.02 Å². The van der Waals surface area contributed by atoms with Crippen molar-refractivity contribution in [2.75, 3.05) is 11.9 Å². The molecule has 3 aromatic rings. The molecule has 0 aliphatic carbocycles. The number of benzene rings is 1. The first-order valence-corrected chi connectivity index (χ1v) is 8.70.